The number of nitrogens with one attached hydrogen (secondary N) is 1. The van der Waals surface area contributed by atoms with Crippen LogP contribution in [0.5, 0.6) is 11.5 Å². The van der Waals surface area contributed by atoms with Crippen molar-refractivity contribution in [3.63, 3.8) is 0 Å². The summed E-state index contributed by atoms with van der Waals surface area (Å²) in [6.45, 7) is 5.96. The molecule has 0 aromatic heterocycles. The first kappa shape index (κ1) is 14.8. The third-order valence-electron chi connectivity index (χ3n) is 2.63. The summed E-state index contributed by atoms with van der Waals surface area (Å²) in [5.74, 6) is 1.50. The highest BCUT2D eigenvalue weighted by atomic mass is 16.5. The summed E-state index contributed by atoms with van der Waals surface area (Å²) >= 11 is 0. The Morgan fingerprint density at radius 3 is 2.78 bits per heavy atom. The van der Waals surface area contributed by atoms with Gasteiger partial charge in [-0.2, -0.15) is 0 Å². The van der Waals surface area contributed by atoms with Crippen molar-refractivity contribution in [2.45, 2.75) is 32.9 Å². The number of hydrogen-bond acceptors (Lipinski definition) is 4. The van der Waals surface area contributed by atoms with Crippen LogP contribution in [0.1, 0.15) is 25.8 Å². The zero-order valence-electron chi connectivity index (χ0n) is 11.4. The van der Waals surface area contributed by atoms with Gasteiger partial charge >= 0.3 is 0 Å². The fourth-order valence-corrected chi connectivity index (χ4v) is 1.62. The first-order valence-corrected chi connectivity index (χ1v) is 6.36. The Kier molecular flexibility index (Phi) is 6.54. The van der Waals surface area contributed by atoms with Crippen LogP contribution in [0.2, 0.25) is 0 Å². The summed E-state index contributed by atoms with van der Waals surface area (Å²) in [5, 5.41) is 12.5. The maximum Gasteiger partial charge on any atom is 0.165 e. The average Bonchev–Trinajstić information content (AvgIpc) is 2.36. The van der Waals surface area contributed by atoms with Crippen molar-refractivity contribution < 1.29 is 14.6 Å². The lowest BCUT2D eigenvalue weighted by Crippen LogP contribution is -2.14. The SMILES string of the molecule is CCNCc1cccc(OC)c1OCCC(C)O. The summed E-state index contributed by atoms with van der Waals surface area (Å²) in [7, 11) is 1.63. The molecule has 18 heavy (non-hydrogen) atoms. The molecular formula is C14H23NO3. The van der Waals surface area contributed by atoms with Crippen molar-refractivity contribution >= 4 is 0 Å². The standard InChI is InChI=1S/C14H23NO3/c1-4-15-10-12-6-5-7-13(17-3)14(12)18-9-8-11(2)16/h5-7,11,15-16H,4,8-10H2,1-3H3. The lowest BCUT2D eigenvalue weighted by molar-refractivity contribution is 0.153. The molecule has 0 amide bonds. The Labute approximate surface area is 109 Å². The van der Waals surface area contributed by atoms with E-state index in [2.05, 4.69) is 12.2 Å². The van der Waals surface area contributed by atoms with E-state index in [9.17, 15) is 5.11 Å². The van der Waals surface area contributed by atoms with Crippen molar-refractivity contribution in [2.75, 3.05) is 20.3 Å². The Morgan fingerprint density at radius 1 is 1.39 bits per heavy atom. The van der Waals surface area contributed by atoms with Gasteiger partial charge in [-0.25, -0.2) is 0 Å². The van der Waals surface area contributed by atoms with Gasteiger partial charge in [0.05, 0.1) is 19.8 Å². The molecular weight excluding hydrogens is 230 g/mol. The van der Waals surface area contributed by atoms with Crippen molar-refractivity contribution in [2.24, 2.45) is 0 Å². The number of ether oxygens (including phenoxy) is 2. The first-order chi connectivity index (χ1) is 8.69. The van der Waals surface area contributed by atoms with E-state index in [1.54, 1.807) is 14.0 Å². The Balaban J connectivity index is 2.75. The number of hydrogen-bond donors (Lipinski definition) is 2. The highest BCUT2D eigenvalue weighted by molar-refractivity contribution is 5.46. The summed E-state index contributed by atoms with van der Waals surface area (Å²) < 4.78 is 11.1. The second-order valence-corrected chi connectivity index (χ2v) is 4.22. The third kappa shape index (κ3) is 4.55. The predicted molar refractivity (Wildman–Crippen MR) is 72.2 cm³/mol. The molecule has 1 aromatic carbocycles. The van der Waals surface area contributed by atoms with Crippen LogP contribution in [0.25, 0.3) is 0 Å². The maximum absolute atomic E-state index is 9.24. The fraction of sp³-hybridized carbons (Fsp3) is 0.571. The number of rotatable bonds is 8. The monoisotopic (exact) mass is 253 g/mol. The van der Waals surface area contributed by atoms with Crippen molar-refractivity contribution in [1.82, 2.24) is 5.32 Å². The molecule has 0 bridgehead atoms. The number of methoxy groups -OCH3 is 1. The molecule has 1 atom stereocenters. The van der Waals surface area contributed by atoms with E-state index in [0.29, 0.717) is 13.0 Å². The fourth-order valence-electron chi connectivity index (χ4n) is 1.62. The molecule has 0 radical (unpaired) electrons. The highest BCUT2D eigenvalue weighted by Crippen LogP contribution is 2.31. The molecule has 0 spiro atoms. The van der Waals surface area contributed by atoms with Crippen LogP contribution in [0.15, 0.2) is 18.2 Å². The Morgan fingerprint density at radius 2 is 2.17 bits per heavy atom. The maximum atomic E-state index is 9.24. The number of benzene rings is 1. The smallest absolute Gasteiger partial charge is 0.165 e. The molecule has 4 heteroatoms. The van der Waals surface area contributed by atoms with E-state index in [4.69, 9.17) is 9.47 Å². The molecule has 1 unspecified atom stereocenters. The van der Waals surface area contributed by atoms with Crippen LogP contribution in [0.4, 0.5) is 0 Å². The molecule has 0 fully saturated rings. The molecule has 0 saturated carbocycles. The van der Waals surface area contributed by atoms with Crippen LogP contribution in [0, 0.1) is 0 Å². The molecule has 0 saturated heterocycles. The van der Waals surface area contributed by atoms with E-state index in [1.165, 1.54) is 0 Å². The average molecular weight is 253 g/mol. The zero-order chi connectivity index (χ0) is 13.4. The van der Waals surface area contributed by atoms with Gasteiger partial charge in [0, 0.05) is 18.5 Å². The molecule has 0 aliphatic rings. The van der Waals surface area contributed by atoms with Gasteiger partial charge in [0.25, 0.3) is 0 Å². The van der Waals surface area contributed by atoms with Crippen LogP contribution >= 0.6 is 0 Å². The number of aliphatic hydroxyl groups is 1. The topological polar surface area (TPSA) is 50.7 Å². The third-order valence-corrected chi connectivity index (χ3v) is 2.63. The van der Waals surface area contributed by atoms with Crippen molar-refractivity contribution in [3.05, 3.63) is 23.8 Å². The molecule has 2 N–H and O–H groups in total. The molecule has 4 nitrogen and oxygen atoms in total. The van der Waals surface area contributed by atoms with Crippen LogP contribution < -0.4 is 14.8 Å². The number of aliphatic hydroxyl groups excluding tert-OH is 1. The summed E-state index contributed by atoms with van der Waals surface area (Å²) in [6, 6.07) is 5.85. The molecule has 102 valence electrons. The summed E-state index contributed by atoms with van der Waals surface area (Å²) in [6.07, 6.45) is 0.260. The minimum Gasteiger partial charge on any atom is -0.493 e. The van der Waals surface area contributed by atoms with E-state index in [0.717, 1.165) is 30.2 Å². The van der Waals surface area contributed by atoms with Gasteiger partial charge in [-0.15, -0.1) is 0 Å². The normalized spacial score (nSPS) is 12.2. The van der Waals surface area contributed by atoms with Crippen LogP contribution in [-0.2, 0) is 6.54 Å². The first-order valence-electron chi connectivity index (χ1n) is 6.36. The molecule has 0 aliphatic carbocycles. The van der Waals surface area contributed by atoms with Gasteiger partial charge in [-0.1, -0.05) is 19.1 Å². The lowest BCUT2D eigenvalue weighted by atomic mass is 10.2. The van der Waals surface area contributed by atoms with E-state index >= 15 is 0 Å². The second-order valence-electron chi connectivity index (χ2n) is 4.22. The van der Waals surface area contributed by atoms with Crippen molar-refractivity contribution in [3.8, 4) is 11.5 Å². The summed E-state index contributed by atoms with van der Waals surface area (Å²) in [4.78, 5) is 0. The Bertz CT molecular complexity index is 353. The predicted octanol–water partition coefficient (Wildman–Crippen LogP) is 1.95. The van der Waals surface area contributed by atoms with Crippen LogP contribution in [-0.4, -0.2) is 31.5 Å². The largest absolute Gasteiger partial charge is 0.493 e. The quantitative estimate of drug-likeness (QED) is 0.743. The van der Waals surface area contributed by atoms with Gasteiger partial charge in [0.1, 0.15) is 0 Å². The van der Waals surface area contributed by atoms with E-state index in [-0.39, 0.29) is 6.10 Å². The molecule has 1 rings (SSSR count). The second kappa shape index (κ2) is 7.95. The minimum absolute atomic E-state index is 0.350. The highest BCUT2D eigenvalue weighted by Gasteiger charge is 2.10. The summed E-state index contributed by atoms with van der Waals surface area (Å²) in [5.41, 5.74) is 1.07. The van der Waals surface area contributed by atoms with Gasteiger partial charge < -0.3 is 19.9 Å². The van der Waals surface area contributed by atoms with Crippen LogP contribution in [0.3, 0.4) is 0 Å². The van der Waals surface area contributed by atoms with Gasteiger partial charge in [-0.05, 0) is 19.5 Å². The van der Waals surface area contributed by atoms with Gasteiger partial charge in [0.2, 0.25) is 0 Å². The lowest BCUT2D eigenvalue weighted by Gasteiger charge is -2.15. The van der Waals surface area contributed by atoms with E-state index in [1.807, 2.05) is 18.2 Å². The van der Waals surface area contributed by atoms with Gasteiger partial charge in [-0.3, -0.25) is 0 Å². The van der Waals surface area contributed by atoms with Crippen molar-refractivity contribution in [1.29, 1.82) is 0 Å². The number of para-hydroxylation sites is 1. The molecule has 0 aliphatic heterocycles. The minimum atomic E-state index is -0.350. The zero-order valence-corrected chi connectivity index (χ0v) is 11.4. The molecule has 0 heterocycles. The Hall–Kier alpha value is -1.26. The van der Waals surface area contributed by atoms with E-state index < -0.39 is 0 Å². The molecule has 1 aromatic rings. The van der Waals surface area contributed by atoms with Gasteiger partial charge in [0.15, 0.2) is 11.5 Å².